The van der Waals surface area contributed by atoms with Crippen LogP contribution in [0, 0.1) is 5.82 Å². The van der Waals surface area contributed by atoms with Crippen molar-refractivity contribution < 1.29 is 14.0 Å². The molecule has 0 saturated carbocycles. The standard InChI is InChI=1S/C14H18FN3O2.ClH/c1-9(19)17-11-4-5-12(15)13(7-11)18-14(20)8-10-3-2-6-16-10;/h4-5,7,10,16H,2-3,6,8H2,1H3,(H,17,19)(H,18,20);1H. The highest BCUT2D eigenvalue weighted by atomic mass is 35.5. The van der Waals surface area contributed by atoms with E-state index in [1.807, 2.05) is 0 Å². The van der Waals surface area contributed by atoms with Gasteiger partial charge in [0.15, 0.2) is 0 Å². The van der Waals surface area contributed by atoms with Gasteiger partial charge < -0.3 is 16.0 Å². The Balaban J connectivity index is 0.00000220. The average molecular weight is 316 g/mol. The van der Waals surface area contributed by atoms with Crippen molar-refractivity contribution in [3.05, 3.63) is 24.0 Å². The highest BCUT2D eigenvalue weighted by Crippen LogP contribution is 2.20. The van der Waals surface area contributed by atoms with Crippen molar-refractivity contribution in [3.8, 4) is 0 Å². The minimum atomic E-state index is -0.521. The fraction of sp³-hybridized carbons (Fsp3) is 0.429. The van der Waals surface area contributed by atoms with Crippen LogP contribution in [0.4, 0.5) is 15.8 Å². The molecular formula is C14H19ClFN3O2. The summed E-state index contributed by atoms with van der Waals surface area (Å²) in [5.74, 6) is -1.00. The number of hydrogen-bond donors (Lipinski definition) is 3. The van der Waals surface area contributed by atoms with E-state index in [0.717, 1.165) is 19.4 Å². The maximum Gasteiger partial charge on any atom is 0.226 e. The van der Waals surface area contributed by atoms with Crippen LogP contribution >= 0.6 is 12.4 Å². The van der Waals surface area contributed by atoms with E-state index in [2.05, 4.69) is 16.0 Å². The van der Waals surface area contributed by atoms with Crippen LogP contribution in [-0.4, -0.2) is 24.4 Å². The molecule has 1 fully saturated rings. The molecule has 0 spiro atoms. The molecule has 7 heteroatoms. The number of carbonyl (C=O) groups excluding carboxylic acids is 2. The van der Waals surface area contributed by atoms with Crippen molar-refractivity contribution in [3.63, 3.8) is 0 Å². The van der Waals surface area contributed by atoms with Gasteiger partial charge in [0.1, 0.15) is 5.82 Å². The van der Waals surface area contributed by atoms with Crippen LogP contribution < -0.4 is 16.0 Å². The molecule has 5 nitrogen and oxygen atoms in total. The van der Waals surface area contributed by atoms with Gasteiger partial charge in [-0.05, 0) is 37.6 Å². The van der Waals surface area contributed by atoms with E-state index < -0.39 is 5.82 Å². The first-order valence-electron chi connectivity index (χ1n) is 6.65. The van der Waals surface area contributed by atoms with Crippen molar-refractivity contribution in [2.75, 3.05) is 17.2 Å². The number of hydrogen-bond acceptors (Lipinski definition) is 3. The van der Waals surface area contributed by atoms with Crippen LogP contribution in [0.25, 0.3) is 0 Å². The molecule has 1 atom stereocenters. The normalized spacial score (nSPS) is 17.0. The third kappa shape index (κ3) is 5.32. The number of nitrogens with one attached hydrogen (secondary N) is 3. The predicted octanol–water partition coefficient (Wildman–Crippen LogP) is 2.29. The lowest BCUT2D eigenvalue weighted by atomic mass is 10.1. The summed E-state index contributed by atoms with van der Waals surface area (Å²) < 4.78 is 13.6. The molecule has 1 unspecified atom stereocenters. The van der Waals surface area contributed by atoms with Crippen molar-refractivity contribution in [2.24, 2.45) is 0 Å². The summed E-state index contributed by atoms with van der Waals surface area (Å²) >= 11 is 0. The summed E-state index contributed by atoms with van der Waals surface area (Å²) in [6.45, 7) is 2.29. The van der Waals surface area contributed by atoms with Gasteiger partial charge in [-0.15, -0.1) is 12.4 Å². The van der Waals surface area contributed by atoms with Crippen LogP contribution in [0.3, 0.4) is 0 Å². The number of rotatable bonds is 4. The molecule has 1 saturated heterocycles. The Bertz CT molecular complexity index is 519. The van der Waals surface area contributed by atoms with Gasteiger partial charge in [0.2, 0.25) is 11.8 Å². The lowest BCUT2D eigenvalue weighted by Crippen LogP contribution is -2.27. The molecule has 116 valence electrons. The zero-order valence-electron chi connectivity index (χ0n) is 11.7. The largest absolute Gasteiger partial charge is 0.326 e. The molecule has 0 radical (unpaired) electrons. The van der Waals surface area contributed by atoms with Crippen LogP contribution in [0.2, 0.25) is 0 Å². The molecule has 1 heterocycles. The average Bonchev–Trinajstić information content (AvgIpc) is 2.85. The molecule has 0 bridgehead atoms. The number of benzene rings is 1. The van der Waals surface area contributed by atoms with Gasteiger partial charge in [0.25, 0.3) is 0 Å². The quantitative estimate of drug-likeness (QED) is 0.798. The van der Waals surface area contributed by atoms with Crippen LogP contribution in [-0.2, 0) is 9.59 Å². The van der Waals surface area contributed by atoms with Gasteiger partial charge in [-0.1, -0.05) is 0 Å². The Hall–Kier alpha value is -1.66. The number of amides is 2. The minimum absolute atomic E-state index is 0. The van der Waals surface area contributed by atoms with Gasteiger partial charge in [0.05, 0.1) is 5.69 Å². The Morgan fingerprint density at radius 2 is 2.14 bits per heavy atom. The molecular weight excluding hydrogens is 297 g/mol. The molecule has 2 amide bonds. The number of halogens is 2. The third-order valence-electron chi connectivity index (χ3n) is 3.15. The molecule has 1 aromatic carbocycles. The van der Waals surface area contributed by atoms with E-state index in [1.165, 1.54) is 25.1 Å². The maximum atomic E-state index is 13.6. The first-order valence-corrected chi connectivity index (χ1v) is 6.65. The minimum Gasteiger partial charge on any atom is -0.326 e. The molecule has 1 aliphatic rings. The Kier molecular flexibility index (Phi) is 6.58. The van der Waals surface area contributed by atoms with Crippen LogP contribution in [0.1, 0.15) is 26.2 Å². The molecule has 1 aromatic rings. The second-order valence-corrected chi connectivity index (χ2v) is 4.92. The summed E-state index contributed by atoms with van der Waals surface area (Å²) in [5, 5.41) is 8.31. The van der Waals surface area contributed by atoms with Gasteiger partial charge in [-0.2, -0.15) is 0 Å². The van der Waals surface area contributed by atoms with E-state index in [-0.39, 0.29) is 36.0 Å². The topological polar surface area (TPSA) is 70.2 Å². The fourth-order valence-corrected chi connectivity index (χ4v) is 2.26. The SMILES string of the molecule is CC(=O)Nc1ccc(F)c(NC(=O)CC2CCCN2)c1.Cl. The van der Waals surface area contributed by atoms with Crippen molar-refractivity contribution >= 4 is 35.6 Å². The first kappa shape index (κ1) is 17.4. The fourth-order valence-electron chi connectivity index (χ4n) is 2.26. The van der Waals surface area contributed by atoms with E-state index in [9.17, 15) is 14.0 Å². The molecule has 21 heavy (non-hydrogen) atoms. The second kappa shape index (κ2) is 7.95. The number of carbonyl (C=O) groups is 2. The zero-order valence-corrected chi connectivity index (χ0v) is 12.6. The highest BCUT2D eigenvalue weighted by molar-refractivity contribution is 5.93. The summed E-state index contributed by atoms with van der Waals surface area (Å²) in [6.07, 6.45) is 2.34. The van der Waals surface area contributed by atoms with E-state index in [4.69, 9.17) is 0 Å². The van der Waals surface area contributed by atoms with Gasteiger partial charge in [-0.25, -0.2) is 4.39 Å². The molecule has 3 N–H and O–H groups in total. The van der Waals surface area contributed by atoms with E-state index >= 15 is 0 Å². The maximum absolute atomic E-state index is 13.6. The first-order chi connectivity index (χ1) is 9.54. The van der Waals surface area contributed by atoms with Gasteiger partial charge in [0, 0.05) is 25.1 Å². The Labute approximate surface area is 129 Å². The van der Waals surface area contributed by atoms with Gasteiger partial charge >= 0.3 is 0 Å². The summed E-state index contributed by atoms with van der Waals surface area (Å²) in [6, 6.07) is 4.24. The molecule has 2 rings (SSSR count). The lowest BCUT2D eigenvalue weighted by Gasteiger charge is -2.12. The van der Waals surface area contributed by atoms with Crippen LogP contribution in [0.5, 0.6) is 0 Å². The summed E-state index contributed by atoms with van der Waals surface area (Å²) in [4.78, 5) is 22.8. The Morgan fingerprint density at radius 3 is 2.76 bits per heavy atom. The molecule has 0 aliphatic carbocycles. The van der Waals surface area contributed by atoms with Crippen LogP contribution in [0.15, 0.2) is 18.2 Å². The Morgan fingerprint density at radius 1 is 1.38 bits per heavy atom. The molecule has 1 aliphatic heterocycles. The third-order valence-corrected chi connectivity index (χ3v) is 3.15. The number of anilines is 2. The van der Waals surface area contributed by atoms with Crippen molar-refractivity contribution in [1.82, 2.24) is 5.32 Å². The van der Waals surface area contributed by atoms with Crippen molar-refractivity contribution in [1.29, 1.82) is 0 Å². The van der Waals surface area contributed by atoms with E-state index in [1.54, 1.807) is 0 Å². The summed E-state index contributed by atoms with van der Waals surface area (Å²) in [5.41, 5.74) is 0.535. The van der Waals surface area contributed by atoms with Gasteiger partial charge in [-0.3, -0.25) is 9.59 Å². The zero-order chi connectivity index (χ0) is 14.5. The highest BCUT2D eigenvalue weighted by Gasteiger charge is 2.18. The molecule has 0 aromatic heterocycles. The van der Waals surface area contributed by atoms with Crippen molar-refractivity contribution in [2.45, 2.75) is 32.2 Å². The van der Waals surface area contributed by atoms with E-state index in [0.29, 0.717) is 12.1 Å². The predicted molar refractivity (Wildman–Crippen MR) is 82.2 cm³/mol. The summed E-state index contributed by atoms with van der Waals surface area (Å²) in [7, 11) is 0. The monoisotopic (exact) mass is 315 g/mol. The second-order valence-electron chi connectivity index (χ2n) is 4.92. The smallest absolute Gasteiger partial charge is 0.226 e. The lowest BCUT2D eigenvalue weighted by molar-refractivity contribution is -0.116.